The van der Waals surface area contributed by atoms with Gasteiger partial charge >= 0.3 is 12.1 Å². The van der Waals surface area contributed by atoms with Crippen molar-refractivity contribution >= 4 is 18.0 Å². The van der Waals surface area contributed by atoms with E-state index in [1.54, 1.807) is 0 Å². The van der Waals surface area contributed by atoms with Crippen LogP contribution >= 0.6 is 0 Å². The largest absolute Gasteiger partial charge is 0.451 e. The summed E-state index contributed by atoms with van der Waals surface area (Å²) in [6, 6.07) is 17.1. The van der Waals surface area contributed by atoms with Gasteiger partial charge in [-0.1, -0.05) is 73.3 Å². The van der Waals surface area contributed by atoms with Crippen molar-refractivity contribution in [2.45, 2.75) is 18.6 Å². The third kappa shape index (κ3) is 7.27. The summed E-state index contributed by atoms with van der Waals surface area (Å²) in [6.07, 6.45) is -0.579. The van der Waals surface area contributed by atoms with E-state index in [1.807, 2.05) is 60.7 Å². The molecule has 164 valence electrons. The number of ether oxygens (including phenoxy) is 2. The molecule has 1 N–H and O–H groups in total. The van der Waals surface area contributed by atoms with Gasteiger partial charge in [-0.25, -0.2) is 14.7 Å². The maximum atomic E-state index is 13.0. The van der Waals surface area contributed by atoms with Gasteiger partial charge in [0.15, 0.2) is 6.10 Å². The number of rotatable bonds is 10. The van der Waals surface area contributed by atoms with Gasteiger partial charge in [-0.05, 0) is 11.1 Å². The molecule has 0 saturated carbocycles. The Balaban J connectivity index is 2.26. The average molecular weight is 426 g/mol. The van der Waals surface area contributed by atoms with Crippen LogP contribution in [0.15, 0.2) is 73.3 Å². The third-order valence-electron chi connectivity index (χ3n) is 4.35. The topological polar surface area (TPSA) is 94.2 Å². The Morgan fingerprint density at radius 3 is 2.06 bits per heavy atom. The van der Waals surface area contributed by atoms with Gasteiger partial charge in [-0.2, -0.15) is 0 Å². The summed E-state index contributed by atoms with van der Waals surface area (Å²) in [6.45, 7) is 3.42. The zero-order chi connectivity index (χ0) is 22.6. The number of carbonyl (C=O) groups is 3. The van der Waals surface area contributed by atoms with E-state index in [0.717, 1.165) is 16.2 Å². The molecule has 8 heteroatoms. The van der Waals surface area contributed by atoms with Gasteiger partial charge in [0.1, 0.15) is 12.6 Å². The van der Waals surface area contributed by atoms with E-state index in [2.05, 4.69) is 11.9 Å². The fourth-order valence-electron chi connectivity index (χ4n) is 2.70. The van der Waals surface area contributed by atoms with E-state index >= 15 is 0 Å². The summed E-state index contributed by atoms with van der Waals surface area (Å²) in [5.41, 5.74) is 1.49. The molecule has 2 aromatic carbocycles. The van der Waals surface area contributed by atoms with Crippen LogP contribution in [0.4, 0.5) is 4.79 Å². The number of amides is 2. The molecule has 2 rings (SSSR count). The van der Waals surface area contributed by atoms with E-state index in [4.69, 9.17) is 14.3 Å². The van der Waals surface area contributed by atoms with Crippen LogP contribution < -0.4 is 5.32 Å². The first-order valence-electron chi connectivity index (χ1n) is 9.61. The third-order valence-corrected chi connectivity index (χ3v) is 4.35. The van der Waals surface area contributed by atoms with Gasteiger partial charge in [0.2, 0.25) is 5.91 Å². The fraction of sp³-hybridized carbons (Fsp3) is 0.261. The summed E-state index contributed by atoms with van der Waals surface area (Å²) >= 11 is 0. The maximum absolute atomic E-state index is 13.0. The van der Waals surface area contributed by atoms with Crippen LogP contribution in [-0.2, 0) is 23.9 Å². The van der Waals surface area contributed by atoms with E-state index in [9.17, 15) is 14.4 Å². The Labute approximate surface area is 181 Å². The lowest BCUT2D eigenvalue weighted by atomic mass is 10.0. The number of nitrogens with one attached hydrogen (secondary N) is 1. The predicted molar refractivity (Wildman–Crippen MR) is 114 cm³/mol. The van der Waals surface area contributed by atoms with E-state index in [-0.39, 0.29) is 13.0 Å². The van der Waals surface area contributed by atoms with Crippen molar-refractivity contribution in [3.05, 3.63) is 84.4 Å². The maximum Gasteiger partial charge on any atom is 0.408 e. The minimum Gasteiger partial charge on any atom is -0.451 e. The number of hydrogen-bond donors (Lipinski definition) is 1. The zero-order valence-electron chi connectivity index (χ0n) is 17.5. The first kappa shape index (κ1) is 23.6. The standard InChI is InChI=1S/C23H26N2O6/c1-4-15-30-23(28)24-19(16-20(26)25(2)29-3)22(27)31-21(17-11-7-5-8-12-17)18-13-9-6-10-14-18/h4-14,19,21H,1,15-16H2,2-3H3,(H,24,28). The van der Waals surface area contributed by atoms with Crippen LogP contribution in [0.25, 0.3) is 0 Å². The summed E-state index contributed by atoms with van der Waals surface area (Å²) in [7, 11) is 2.72. The second kappa shape index (κ2) is 12.1. The highest BCUT2D eigenvalue weighted by Gasteiger charge is 2.30. The first-order chi connectivity index (χ1) is 15.0. The zero-order valence-corrected chi connectivity index (χ0v) is 17.5. The van der Waals surface area contributed by atoms with Crippen LogP contribution in [0, 0.1) is 0 Å². The molecule has 2 aromatic rings. The molecule has 2 amide bonds. The van der Waals surface area contributed by atoms with Crippen molar-refractivity contribution < 1.29 is 28.7 Å². The van der Waals surface area contributed by atoms with Crippen LogP contribution in [0.2, 0.25) is 0 Å². The summed E-state index contributed by atoms with van der Waals surface area (Å²) in [4.78, 5) is 42.2. The van der Waals surface area contributed by atoms with E-state index in [0.29, 0.717) is 0 Å². The monoisotopic (exact) mass is 426 g/mol. The van der Waals surface area contributed by atoms with Crippen LogP contribution in [0.3, 0.4) is 0 Å². The Morgan fingerprint density at radius 1 is 1.03 bits per heavy atom. The van der Waals surface area contributed by atoms with E-state index in [1.165, 1.54) is 20.2 Å². The molecule has 0 heterocycles. The van der Waals surface area contributed by atoms with Crippen LogP contribution in [-0.4, -0.2) is 49.8 Å². The highest BCUT2D eigenvalue weighted by molar-refractivity contribution is 5.87. The molecule has 0 saturated heterocycles. The van der Waals surface area contributed by atoms with Gasteiger partial charge in [0.25, 0.3) is 0 Å². The Hall–Kier alpha value is -3.65. The first-order valence-corrected chi connectivity index (χ1v) is 9.61. The highest BCUT2D eigenvalue weighted by Crippen LogP contribution is 2.26. The summed E-state index contributed by atoms with van der Waals surface area (Å²) in [5.74, 6) is -1.31. The normalized spacial score (nSPS) is 11.3. The minimum absolute atomic E-state index is 0.0455. The molecule has 0 fully saturated rings. The molecule has 0 aliphatic carbocycles. The molecule has 1 atom stereocenters. The van der Waals surface area contributed by atoms with Crippen molar-refractivity contribution in [1.82, 2.24) is 10.4 Å². The lowest BCUT2D eigenvalue weighted by Gasteiger charge is -2.24. The van der Waals surface area contributed by atoms with Crippen molar-refractivity contribution in [1.29, 1.82) is 0 Å². The molecule has 0 aliphatic rings. The molecule has 0 aliphatic heterocycles. The second-order valence-corrected chi connectivity index (χ2v) is 6.50. The van der Waals surface area contributed by atoms with Crippen molar-refractivity contribution in [2.75, 3.05) is 20.8 Å². The molecule has 1 unspecified atom stereocenters. The van der Waals surface area contributed by atoms with Gasteiger partial charge in [0.05, 0.1) is 13.5 Å². The summed E-state index contributed by atoms with van der Waals surface area (Å²) < 4.78 is 10.6. The molecular formula is C23H26N2O6. The average Bonchev–Trinajstić information content (AvgIpc) is 2.81. The molecular weight excluding hydrogens is 400 g/mol. The van der Waals surface area contributed by atoms with Crippen LogP contribution in [0.1, 0.15) is 23.7 Å². The van der Waals surface area contributed by atoms with E-state index < -0.39 is 30.1 Å². The molecule has 31 heavy (non-hydrogen) atoms. The van der Waals surface area contributed by atoms with Gasteiger partial charge in [0, 0.05) is 7.05 Å². The molecule has 0 bridgehead atoms. The number of esters is 1. The quantitative estimate of drug-likeness (QED) is 0.357. The molecule has 8 nitrogen and oxygen atoms in total. The number of benzene rings is 2. The predicted octanol–water partition coefficient (Wildman–Crippen LogP) is 3.01. The van der Waals surface area contributed by atoms with Crippen molar-refractivity contribution in [3.63, 3.8) is 0 Å². The fourth-order valence-corrected chi connectivity index (χ4v) is 2.70. The number of nitrogens with zero attached hydrogens (tertiary/aromatic N) is 1. The summed E-state index contributed by atoms with van der Waals surface area (Å²) in [5, 5.41) is 3.34. The second-order valence-electron chi connectivity index (χ2n) is 6.50. The molecule has 0 radical (unpaired) electrons. The van der Waals surface area contributed by atoms with Gasteiger partial charge in [-0.3, -0.25) is 9.63 Å². The lowest BCUT2D eigenvalue weighted by Crippen LogP contribution is -2.45. The number of hydrogen-bond acceptors (Lipinski definition) is 6. The Kier molecular flexibility index (Phi) is 9.25. The Morgan fingerprint density at radius 2 is 1.58 bits per heavy atom. The SMILES string of the molecule is C=CCOC(=O)NC(CC(=O)N(C)OC)C(=O)OC(c1ccccc1)c1ccccc1. The Bertz CT molecular complexity index is 833. The van der Waals surface area contributed by atoms with Gasteiger partial charge in [-0.15, -0.1) is 0 Å². The highest BCUT2D eigenvalue weighted by atomic mass is 16.7. The number of alkyl carbamates (subject to hydrolysis) is 1. The van der Waals surface area contributed by atoms with Crippen LogP contribution in [0.5, 0.6) is 0 Å². The minimum atomic E-state index is -1.28. The molecule has 0 aromatic heterocycles. The molecule has 0 spiro atoms. The van der Waals surface area contributed by atoms with Gasteiger partial charge < -0.3 is 14.8 Å². The lowest BCUT2D eigenvalue weighted by molar-refractivity contribution is -0.171. The van der Waals surface area contributed by atoms with Crippen molar-refractivity contribution in [2.24, 2.45) is 0 Å². The number of hydroxylamine groups is 2. The smallest absolute Gasteiger partial charge is 0.408 e. The number of carbonyl (C=O) groups excluding carboxylic acids is 3. The van der Waals surface area contributed by atoms with Crippen molar-refractivity contribution in [3.8, 4) is 0 Å².